The molecule has 5 heteroatoms. The van der Waals surface area contributed by atoms with E-state index < -0.39 is 0 Å². The second-order valence-electron chi connectivity index (χ2n) is 14.3. The molecule has 0 amide bonds. The van der Waals surface area contributed by atoms with Crippen molar-refractivity contribution in [2.45, 2.75) is 50.0 Å². The van der Waals surface area contributed by atoms with Crippen LogP contribution >= 0.6 is 0 Å². The average Bonchev–Trinajstić information content (AvgIpc) is 3.66. The highest BCUT2D eigenvalue weighted by Gasteiger charge is 2.51. The Morgan fingerprint density at radius 3 is 2.14 bits per heavy atom. The number of aromatic nitrogens is 1. The molecule has 0 N–H and O–H groups in total. The Labute approximate surface area is 298 Å². The van der Waals surface area contributed by atoms with Crippen molar-refractivity contribution in [1.82, 2.24) is 4.57 Å². The summed E-state index contributed by atoms with van der Waals surface area (Å²) in [6.45, 7) is 2.32. The van der Waals surface area contributed by atoms with Crippen LogP contribution in [-0.4, -0.2) is 10.6 Å². The molecule has 2 aliphatic carbocycles. The topological polar surface area (TPSA) is 79.5 Å². The van der Waals surface area contributed by atoms with Gasteiger partial charge in [0.05, 0.1) is 45.7 Å². The third-order valence-corrected chi connectivity index (χ3v) is 11.7. The van der Waals surface area contributed by atoms with E-state index in [0.717, 1.165) is 74.8 Å². The summed E-state index contributed by atoms with van der Waals surface area (Å²) in [5.74, 6) is -0.0294. The highest BCUT2D eigenvalue weighted by molar-refractivity contribution is 6.09. The van der Waals surface area contributed by atoms with E-state index in [0.29, 0.717) is 17.5 Å². The van der Waals surface area contributed by atoms with Gasteiger partial charge in [-0.25, -0.2) is 0 Å². The summed E-state index contributed by atoms with van der Waals surface area (Å²) in [6, 6.07) is 45.5. The number of para-hydroxylation sites is 3. The Bertz CT molecular complexity index is 2530. The molecule has 2 heterocycles. The zero-order valence-electron chi connectivity index (χ0n) is 28.4. The minimum absolute atomic E-state index is 0.0312. The van der Waals surface area contributed by atoms with E-state index in [1.165, 1.54) is 5.56 Å². The number of anilines is 2. The highest BCUT2D eigenvalue weighted by Crippen LogP contribution is 2.57. The Morgan fingerprint density at radius 1 is 0.706 bits per heavy atom. The zero-order chi connectivity index (χ0) is 34.7. The lowest BCUT2D eigenvalue weighted by Crippen LogP contribution is -2.45. The third kappa shape index (κ3) is 4.58. The molecule has 244 valence electrons. The number of hydrogen-bond donors (Lipinski definition) is 0. The summed E-state index contributed by atoms with van der Waals surface area (Å²) < 4.78 is 2.22. The summed E-state index contributed by atoms with van der Waals surface area (Å²) >= 11 is 0. The quantitative estimate of drug-likeness (QED) is 0.189. The lowest BCUT2D eigenvalue weighted by molar-refractivity contribution is 0.251. The fraction of sp³-hybridized carbons (Fsp3) is 0.196. The summed E-state index contributed by atoms with van der Waals surface area (Å²) in [7, 11) is 0. The second kappa shape index (κ2) is 11.9. The molecule has 5 nitrogen and oxygen atoms in total. The number of nitriles is 3. The van der Waals surface area contributed by atoms with Crippen molar-refractivity contribution >= 4 is 38.8 Å². The molecule has 4 unspecified atom stereocenters. The standard InChI is InChI=1S/C46H35N5/c1-46-26-30(27-47)23-24-44(46)51(42-20-7-4-17-38(42)46)43-22-9-13-33(28-48)45(43)32-12-8-11-31(25-32)34-16-10-21-41(37(34)29-49)50-39-18-5-2-14-35(39)36-15-3-6-19-40(36)50/h2-22,30-31,44H,23-26H2,1H3. The van der Waals surface area contributed by atoms with Gasteiger partial charge in [0, 0.05) is 45.3 Å². The maximum absolute atomic E-state index is 10.8. The first-order valence-corrected chi connectivity index (χ1v) is 17.8. The molecule has 3 aliphatic rings. The van der Waals surface area contributed by atoms with Crippen LogP contribution in [0.25, 0.3) is 33.1 Å². The second-order valence-corrected chi connectivity index (χ2v) is 14.3. The minimum atomic E-state index is -0.173. The monoisotopic (exact) mass is 657 g/mol. The first-order valence-electron chi connectivity index (χ1n) is 17.8. The first-order chi connectivity index (χ1) is 25.1. The molecular formula is C46H35N5. The van der Waals surface area contributed by atoms with Crippen LogP contribution in [-0.2, 0) is 5.41 Å². The van der Waals surface area contributed by atoms with Gasteiger partial charge in [-0.2, -0.15) is 15.8 Å². The smallest absolute Gasteiger partial charge is 0.102 e. The zero-order valence-corrected chi connectivity index (χ0v) is 28.4. The number of benzene rings is 5. The van der Waals surface area contributed by atoms with Crippen LogP contribution in [0, 0.1) is 39.9 Å². The van der Waals surface area contributed by atoms with Crippen molar-refractivity contribution in [3.63, 3.8) is 0 Å². The van der Waals surface area contributed by atoms with E-state index in [2.05, 4.69) is 150 Å². The van der Waals surface area contributed by atoms with Gasteiger partial charge in [0.25, 0.3) is 0 Å². The van der Waals surface area contributed by atoms with Gasteiger partial charge in [0.2, 0.25) is 0 Å². The SMILES string of the molecule is CC12CC(C#N)CCC1N(c1cccc(C#N)c1C1=CC=CC(c3cccc(-n4c5ccccc5c5ccccc54)c3C#N)C1)c1ccccc12. The van der Waals surface area contributed by atoms with Crippen LogP contribution in [0.4, 0.5) is 11.4 Å². The van der Waals surface area contributed by atoms with E-state index in [1.807, 2.05) is 12.1 Å². The summed E-state index contributed by atoms with van der Waals surface area (Å²) in [4.78, 5) is 2.47. The first kappa shape index (κ1) is 30.7. The van der Waals surface area contributed by atoms with Gasteiger partial charge in [0.1, 0.15) is 6.07 Å². The largest absolute Gasteiger partial charge is 0.337 e. The maximum atomic E-state index is 10.8. The van der Waals surface area contributed by atoms with Crippen molar-refractivity contribution in [3.8, 4) is 23.9 Å². The van der Waals surface area contributed by atoms with Gasteiger partial charge < -0.3 is 9.47 Å². The molecule has 9 rings (SSSR count). The van der Waals surface area contributed by atoms with Gasteiger partial charge >= 0.3 is 0 Å². The number of rotatable bonds is 4. The van der Waals surface area contributed by atoms with Crippen LogP contribution in [0.5, 0.6) is 0 Å². The van der Waals surface area contributed by atoms with Gasteiger partial charge in [-0.05, 0) is 78.8 Å². The lowest BCUT2D eigenvalue weighted by atomic mass is 9.66. The van der Waals surface area contributed by atoms with Crippen LogP contribution in [0.15, 0.2) is 127 Å². The third-order valence-electron chi connectivity index (χ3n) is 11.7. The summed E-state index contributed by atoms with van der Waals surface area (Å²) in [5.41, 5.74) is 10.6. The van der Waals surface area contributed by atoms with Crippen LogP contribution in [0.1, 0.15) is 66.3 Å². The van der Waals surface area contributed by atoms with Gasteiger partial charge in [-0.1, -0.05) is 97.9 Å². The fourth-order valence-electron chi connectivity index (χ4n) is 9.48. The molecule has 1 aromatic heterocycles. The number of allylic oxidation sites excluding steroid dienone is 4. The molecule has 0 saturated heterocycles. The Kier molecular flexibility index (Phi) is 7.17. The fourth-order valence-corrected chi connectivity index (χ4v) is 9.48. The Balaban J connectivity index is 1.15. The summed E-state index contributed by atoms with van der Waals surface area (Å²) in [5, 5.41) is 33.6. The van der Waals surface area contributed by atoms with E-state index in [4.69, 9.17) is 0 Å². The van der Waals surface area contributed by atoms with Crippen LogP contribution < -0.4 is 4.90 Å². The molecular weight excluding hydrogens is 623 g/mol. The van der Waals surface area contributed by atoms with Crippen molar-refractivity contribution in [2.75, 3.05) is 4.90 Å². The average molecular weight is 658 g/mol. The number of hydrogen-bond acceptors (Lipinski definition) is 4. The Morgan fingerprint density at radius 2 is 1.39 bits per heavy atom. The predicted octanol–water partition coefficient (Wildman–Crippen LogP) is 10.8. The molecule has 1 aliphatic heterocycles. The maximum Gasteiger partial charge on any atom is 0.102 e. The van der Waals surface area contributed by atoms with E-state index in [1.54, 1.807) is 0 Å². The Hall–Kier alpha value is -6.35. The van der Waals surface area contributed by atoms with Gasteiger partial charge in [-0.3, -0.25) is 0 Å². The van der Waals surface area contributed by atoms with E-state index in [-0.39, 0.29) is 23.3 Å². The molecule has 51 heavy (non-hydrogen) atoms. The van der Waals surface area contributed by atoms with Crippen LogP contribution in [0.3, 0.4) is 0 Å². The molecule has 0 radical (unpaired) electrons. The van der Waals surface area contributed by atoms with E-state index in [9.17, 15) is 15.8 Å². The van der Waals surface area contributed by atoms with Gasteiger partial charge in [-0.15, -0.1) is 0 Å². The molecule has 0 spiro atoms. The van der Waals surface area contributed by atoms with Crippen molar-refractivity contribution < 1.29 is 0 Å². The summed E-state index contributed by atoms with van der Waals surface area (Å²) in [6.07, 6.45) is 9.67. The van der Waals surface area contributed by atoms with E-state index >= 15 is 0 Å². The lowest BCUT2D eigenvalue weighted by Gasteiger charge is -2.43. The molecule has 0 bridgehead atoms. The number of fused-ring (bicyclic) bond motifs is 6. The van der Waals surface area contributed by atoms with Crippen molar-refractivity contribution in [3.05, 3.63) is 155 Å². The minimum Gasteiger partial charge on any atom is -0.337 e. The molecule has 1 saturated carbocycles. The molecule has 5 aromatic carbocycles. The molecule has 4 atom stereocenters. The van der Waals surface area contributed by atoms with Crippen LogP contribution in [0.2, 0.25) is 0 Å². The van der Waals surface area contributed by atoms with Crippen molar-refractivity contribution in [1.29, 1.82) is 15.8 Å². The predicted molar refractivity (Wildman–Crippen MR) is 204 cm³/mol. The highest BCUT2D eigenvalue weighted by atomic mass is 15.2. The van der Waals surface area contributed by atoms with Gasteiger partial charge in [0.15, 0.2) is 0 Å². The molecule has 6 aromatic rings. The molecule has 1 fully saturated rings. The normalized spacial score (nSPS) is 22.1. The van der Waals surface area contributed by atoms with Crippen molar-refractivity contribution in [2.24, 2.45) is 5.92 Å². The number of nitrogens with zero attached hydrogens (tertiary/aromatic N) is 5.